The van der Waals surface area contributed by atoms with E-state index in [1.165, 1.54) is 0 Å². The highest BCUT2D eigenvalue weighted by Crippen LogP contribution is 2.55. The molecular weight excluding hydrogens is 251 g/mol. The Kier molecular flexibility index (Phi) is 6.06. The van der Waals surface area contributed by atoms with Crippen molar-refractivity contribution >= 4 is 7.82 Å². The van der Waals surface area contributed by atoms with E-state index >= 15 is 0 Å². The maximum Gasteiger partial charge on any atom is 0.475 e. The van der Waals surface area contributed by atoms with E-state index in [1.807, 2.05) is 32.9 Å². The number of unbranched alkanes of at least 4 members (excludes halogenated alkanes) is 1. The molecule has 18 heavy (non-hydrogen) atoms. The summed E-state index contributed by atoms with van der Waals surface area (Å²) in [5.41, 5.74) is -0.100. The number of hydrogen-bond acceptors (Lipinski definition) is 4. The van der Waals surface area contributed by atoms with Crippen molar-refractivity contribution in [2.45, 2.75) is 53.1 Å². The number of allylic oxidation sites excluding steroid dienone is 1. The normalized spacial score (nSPS) is 24.2. The van der Waals surface area contributed by atoms with Crippen LogP contribution in [-0.2, 0) is 18.1 Å². The van der Waals surface area contributed by atoms with Crippen LogP contribution < -0.4 is 0 Å². The van der Waals surface area contributed by atoms with Crippen LogP contribution in [0.15, 0.2) is 12.2 Å². The molecule has 0 unspecified atom stereocenters. The first kappa shape index (κ1) is 15.9. The third kappa shape index (κ3) is 5.23. The molecule has 106 valence electrons. The van der Waals surface area contributed by atoms with Gasteiger partial charge in [0.2, 0.25) is 0 Å². The molecule has 1 fully saturated rings. The molecule has 0 aromatic rings. The number of rotatable bonds is 6. The van der Waals surface area contributed by atoms with E-state index < -0.39 is 7.82 Å². The second-order valence-electron chi connectivity index (χ2n) is 5.47. The molecule has 0 saturated carbocycles. The highest BCUT2D eigenvalue weighted by atomic mass is 31.2. The van der Waals surface area contributed by atoms with Gasteiger partial charge in [0.05, 0.1) is 19.3 Å². The highest BCUT2D eigenvalue weighted by Gasteiger charge is 2.39. The van der Waals surface area contributed by atoms with Crippen LogP contribution in [0.2, 0.25) is 0 Å². The van der Waals surface area contributed by atoms with E-state index in [0.29, 0.717) is 13.2 Å². The fourth-order valence-corrected chi connectivity index (χ4v) is 3.34. The van der Waals surface area contributed by atoms with Crippen molar-refractivity contribution in [1.82, 2.24) is 0 Å². The predicted molar refractivity (Wildman–Crippen MR) is 72.5 cm³/mol. The Balaban J connectivity index is 2.55. The minimum Gasteiger partial charge on any atom is -0.286 e. The van der Waals surface area contributed by atoms with Gasteiger partial charge in [-0.1, -0.05) is 45.8 Å². The summed E-state index contributed by atoms with van der Waals surface area (Å²) < 4.78 is 28.4. The molecule has 1 rings (SSSR count). The van der Waals surface area contributed by atoms with Crippen molar-refractivity contribution in [1.29, 1.82) is 0 Å². The van der Waals surface area contributed by atoms with Crippen molar-refractivity contribution in [3.05, 3.63) is 12.2 Å². The van der Waals surface area contributed by atoms with Crippen molar-refractivity contribution in [2.75, 3.05) is 13.2 Å². The first-order valence-corrected chi connectivity index (χ1v) is 8.07. The lowest BCUT2D eigenvalue weighted by Gasteiger charge is -2.34. The molecule has 0 aromatic carbocycles. The Morgan fingerprint density at radius 3 is 2.50 bits per heavy atom. The maximum atomic E-state index is 12.3. The summed E-state index contributed by atoms with van der Waals surface area (Å²) in [5, 5.41) is 0. The number of phosphoric ester groups is 1. The average Bonchev–Trinajstić information content (AvgIpc) is 2.31. The smallest absolute Gasteiger partial charge is 0.286 e. The Hall–Kier alpha value is -0.150. The average molecular weight is 276 g/mol. The SMILES string of the molecule is C/C=C\[C@H](CCCC)OP1(=O)OCC(C)(C)CO1. The van der Waals surface area contributed by atoms with Crippen LogP contribution >= 0.6 is 7.82 Å². The quantitative estimate of drug-likeness (QED) is 0.535. The molecule has 1 heterocycles. The zero-order valence-electron chi connectivity index (χ0n) is 11.8. The molecule has 0 amide bonds. The van der Waals surface area contributed by atoms with Crippen LogP contribution in [0.4, 0.5) is 0 Å². The van der Waals surface area contributed by atoms with Gasteiger partial charge in [-0.15, -0.1) is 0 Å². The molecule has 0 spiro atoms. The minimum atomic E-state index is -3.37. The van der Waals surface area contributed by atoms with Crippen LogP contribution in [0, 0.1) is 5.41 Å². The lowest BCUT2D eigenvalue weighted by Crippen LogP contribution is -2.30. The molecule has 1 atom stereocenters. The van der Waals surface area contributed by atoms with E-state index in [2.05, 4.69) is 6.92 Å². The van der Waals surface area contributed by atoms with E-state index in [0.717, 1.165) is 19.3 Å². The van der Waals surface area contributed by atoms with E-state index in [-0.39, 0.29) is 11.5 Å². The third-order valence-electron chi connectivity index (χ3n) is 2.74. The van der Waals surface area contributed by atoms with Gasteiger partial charge in [0.1, 0.15) is 0 Å². The van der Waals surface area contributed by atoms with Gasteiger partial charge >= 0.3 is 7.82 Å². The maximum absolute atomic E-state index is 12.3. The second kappa shape index (κ2) is 6.85. The van der Waals surface area contributed by atoms with Gasteiger partial charge in [-0.05, 0) is 13.3 Å². The summed E-state index contributed by atoms with van der Waals surface area (Å²) in [4.78, 5) is 0. The van der Waals surface area contributed by atoms with E-state index in [1.54, 1.807) is 0 Å². The summed E-state index contributed by atoms with van der Waals surface area (Å²) in [6, 6.07) is 0. The third-order valence-corrected chi connectivity index (χ3v) is 4.16. The molecular formula is C13H25O4P. The molecule has 1 aliphatic rings. The van der Waals surface area contributed by atoms with Gasteiger partial charge in [0.25, 0.3) is 0 Å². The fraction of sp³-hybridized carbons (Fsp3) is 0.846. The van der Waals surface area contributed by atoms with Crippen molar-refractivity contribution in [3.63, 3.8) is 0 Å². The summed E-state index contributed by atoms with van der Waals surface area (Å²) in [6.45, 7) is 8.87. The van der Waals surface area contributed by atoms with E-state index in [4.69, 9.17) is 13.6 Å². The van der Waals surface area contributed by atoms with Gasteiger partial charge in [0.15, 0.2) is 0 Å². The molecule has 0 aromatic heterocycles. The molecule has 5 heteroatoms. The van der Waals surface area contributed by atoms with Crippen LogP contribution in [0.5, 0.6) is 0 Å². The molecule has 1 aliphatic heterocycles. The Labute approximate surface area is 110 Å². The first-order chi connectivity index (χ1) is 8.41. The van der Waals surface area contributed by atoms with Crippen molar-refractivity contribution in [2.24, 2.45) is 5.41 Å². The van der Waals surface area contributed by atoms with Gasteiger partial charge in [-0.2, -0.15) is 0 Å². The van der Waals surface area contributed by atoms with Crippen LogP contribution in [0.1, 0.15) is 47.0 Å². The van der Waals surface area contributed by atoms with Crippen LogP contribution in [0.3, 0.4) is 0 Å². The van der Waals surface area contributed by atoms with Gasteiger partial charge in [0, 0.05) is 5.41 Å². The Morgan fingerprint density at radius 2 is 2.00 bits per heavy atom. The van der Waals surface area contributed by atoms with Crippen molar-refractivity contribution < 1.29 is 18.1 Å². The van der Waals surface area contributed by atoms with Gasteiger partial charge < -0.3 is 0 Å². The summed E-state index contributed by atoms with van der Waals surface area (Å²) in [6.07, 6.45) is 6.56. The molecule has 0 N–H and O–H groups in total. The molecule has 1 saturated heterocycles. The summed E-state index contributed by atoms with van der Waals surface area (Å²) in [7, 11) is -3.37. The van der Waals surface area contributed by atoms with Gasteiger partial charge in [-0.25, -0.2) is 4.57 Å². The van der Waals surface area contributed by atoms with Crippen LogP contribution in [-0.4, -0.2) is 19.3 Å². The number of hydrogen-bond donors (Lipinski definition) is 0. The fourth-order valence-electron chi connectivity index (χ4n) is 1.62. The lowest BCUT2D eigenvalue weighted by molar-refractivity contribution is -0.00686. The zero-order valence-corrected chi connectivity index (χ0v) is 12.7. The Morgan fingerprint density at radius 1 is 1.39 bits per heavy atom. The summed E-state index contributed by atoms with van der Waals surface area (Å²) >= 11 is 0. The van der Waals surface area contributed by atoms with Crippen molar-refractivity contribution in [3.8, 4) is 0 Å². The number of phosphoric acid groups is 1. The largest absolute Gasteiger partial charge is 0.475 e. The highest BCUT2D eigenvalue weighted by molar-refractivity contribution is 7.48. The van der Waals surface area contributed by atoms with E-state index in [9.17, 15) is 4.57 Å². The lowest BCUT2D eigenvalue weighted by atomic mass is 9.97. The first-order valence-electron chi connectivity index (χ1n) is 6.61. The molecule has 0 bridgehead atoms. The predicted octanol–water partition coefficient (Wildman–Crippen LogP) is 4.32. The zero-order chi connectivity index (χ0) is 13.6. The summed E-state index contributed by atoms with van der Waals surface area (Å²) in [5.74, 6) is 0. The molecule has 4 nitrogen and oxygen atoms in total. The minimum absolute atomic E-state index is 0.100. The second-order valence-corrected chi connectivity index (χ2v) is 7.09. The van der Waals surface area contributed by atoms with Gasteiger partial charge in [-0.3, -0.25) is 13.6 Å². The standard InChI is InChI=1S/C13H25O4P/c1-5-7-9-12(8-6-2)17-18(14)15-10-13(3,4)11-16-18/h6,8,12H,5,7,9-11H2,1-4H3/b8-6-/t12-/m1/s1. The van der Waals surface area contributed by atoms with Crippen LogP contribution in [0.25, 0.3) is 0 Å². The molecule has 0 aliphatic carbocycles. The monoisotopic (exact) mass is 276 g/mol. The molecule has 0 radical (unpaired) electrons. The Bertz CT molecular complexity index is 311. The topological polar surface area (TPSA) is 44.8 Å².